The Balaban J connectivity index is 2.26. The highest BCUT2D eigenvalue weighted by atomic mass is 32.2. The number of halogens is 3. The van der Waals surface area contributed by atoms with Crippen LogP contribution in [0.2, 0.25) is 0 Å². The normalized spacial score (nSPS) is 12.1. The van der Waals surface area contributed by atoms with E-state index < -0.39 is 27.7 Å². The molecule has 2 rings (SSSR count). The van der Waals surface area contributed by atoms with E-state index in [2.05, 4.69) is 5.32 Å². The minimum absolute atomic E-state index is 0.00415. The van der Waals surface area contributed by atoms with Crippen molar-refractivity contribution in [3.8, 4) is 5.75 Å². The Kier molecular flexibility index (Phi) is 8.08. The summed E-state index contributed by atoms with van der Waals surface area (Å²) in [4.78, 5) is 12.5. The molecule has 6 nitrogen and oxygen atoms in total. The SMILES string of the molecule is CCOc1ccc(S(=O)(=O)N(CC)CC)cc1NC(=O)Cc1ccc(C(F)(F)F)cc1. The smallest absolute Gasteiger partial charge is 0.416 e. The van der Waals surface area contributed by atoms with Crippen LogP contribution in [0.5, 0.6) is 5.75 Å². The fourth-order valence-electron chi connectivity index (χ4n) is 2.95. The summed E-state index contributed by atoms with van der Waals surface area (Å²) in [6, 6.07) is 8.47. The van der Waals surface area contributed by atoms with E-state index >= 15 is 0 Å². The van der Waals surface area contributed by atoms with Gasteiger partial charge in [0.2, 0.25) is 15.9 Å². The van der Waals surface area contributed by atoms with Crippen LogP contribution < -0.4 is 10.1 Å². The lowest BCUT2D eigenvalue weighted by Crippen LogP contribution is -2.30. The van der Waals surface area contributed by atoms with Gasteiger partial charge in [0.05, 0.1) is 29.2 Å². The number of carbonyl (C=O) groups excluding carboxylic acids is 1. The lowest BCUT2D eigenvalue weighted by molar-refractivity contribution is -0.137. The molecule has 0 spiro atoms. The van der Waals surface area contributed by atoms with Gasteiger partial charge in [0.25, 0.3) is 0 Å². The number of hydrogen-bond donors (Lipinski definition) is 1. The molecular formula is C21H25F3N2O4S. The van der Waals surface area contributed by atoms with E-state index in [0.29, 0.717) is 31.0 Å². The van der Waals surface area contributed by atoms with Crippen molar-refractivity contribution in [1.82, 2.24) is 4.31 Å². The van der Waals surface area contributed by atoms with Crippen LogP contribution in [0.25, 0.3) is 0 Å². The number of nitrogens with zero attached hydrogens (tertiary/aromatic N) is 1. The molecule has 0 heterocycles. The summed E-state index contributed by atoms with van der Waals surface area (Å²) in [6.45, 7) is 6.08. The van der Waals surface area contributed by atoms with Gasteiger partial charge in [-0.2, -0.15) is 17.5 Å². The average molecular weight is 459 g/mol. The summed E-state index contributed by atoms with van der Waals surface area (Å²) in [5.74, 6) is -0.222. The van der Waals surface area contributed by atoms with E-state index in [1.807, 2.05) is 0 Å². The molecule has 0 radical (unpaired) electrons. The Bertz CT molecular complexity index is 1000. The predicted molar refractivity (Wildman–Crippen MR) is 111 cm³/mol. The van der Waals surface area contributed by atoms with E-state index in [-0.39, 0.29) is 17.0 Å². The van der Waals surface area contributed by atoms with Crippen LogP contribution in [0.15, 0.2) is 47.4 Å². The number of hydrogen-bond acceptors (Lipinski definition) is 4. The maximum Gasteiger partial charge on any atom is 0.416 e. The molecule has 10 heteroatoms. The maximum atomic E-state index is 12.8. The lowest BCUT2D eigenvalue weighted by Gasteiger charge is -2.20. The van der Waals surface area contributed by atoms with Crippen LogP contribution in [0.4, 0.5) is 18.9 Å². The monoisotopic (exact) mass is 458 g/mol. The molecule has 0 aliphatic carbocycles. The molecular weight excluding hydrogens is 433 g/mol. The van der Waals surface area contributed by atoms with Gasteiger partial charge in [-0.3, -0.25) is 4.79 Å². The highest BCUT2D eigenvalue weighted by Crippen LogP contribution is 2.31. The standard InChI is InChI=1S/C21H25F3N2O4S/c1-4-26(5-2)31(28,29)17-11-12-19(30-6-3)18(14-17)25-20(27)13-15-7-9-16(10-8-15)21(22,23)24/h7-12,14H,4-6,13H2,1-3H3,(H,25,27). The van der Waals surface area contributed by atoms with Gasteiger partial charge >= 0.3 is 6.18 Å². The van der Waals surface area contributed by atoms with Crippen LogP contribution >= 0.6 is 0 Å². The molecule has 31 heavy (non-hydrogen) atoms. The molecule has 0 fully saturated rings. The molecule has 1 amide bonds. The van der Waals surface area contributed by atoms with E-state index in [0.717, 1.165) is 12.1 Å². The summed E-state index contributed by atoms with van der Waals surface area (Å²) in [6.07, 6.45) is -4.64. The maximum absolute atomic E-state index is 12.8. The summed E-state index contributed by atoms with van der Waals surface area (Å²) >= 11 is 0. The van der Waals surface area contributed by atoms with Crippen molar-refractivity contribution in [2.24, 2.45) is 0 Å². The fraction of sp³-hybridized carbons (Fsp3) is 0.381. The van der Waals surface area contributed by atoms with E-state index in [4.69, 9.17) is 4.74 Å². The number of anilines is 1. The Morgan fingerprint density at radius 2 is 1.65 bits per heavy atom. The minimum Gasteiger partial charge on any atom is -0.492 e. The average Bonchev–Trinajstić information content (AvgIpc) is 2.69. The van der Waals surface area contributed by atoms with E-state index in [1.165, 1.54) is 34.6 Å². The van der Waals surface area contributed by atoms with Crippen molar-refractivity contribution in [3.05, 3.63) is 53.6 Å². The van der Waals surface area contributed by atoms with Gasteiger partial charge in [0.1, 0.15) is 5.75 Å². The number of alkyl halides is 3. The van der Waals surface area contributed by atoms with Gasteiger partial charge in [0.15, 0.2) is 0 Å². The van der Waals surface area contributed by atoms with Crippen LogP contribution in [0.3, 0.4) is 0 Å². The van der Waals surface area contributed by atoms with Gasteiger partial charge in [-0.15, -0.1) is 0 Å². The van der Waals surface area contributed by atoms with E-state index in [9.17, 15) is 26.4 Å². The number of ether oxygens (including phenoxy) is 1. The molecule has 0 bridgehead atoms. The second kappa shape index (κ2) is 10.1. The van der Waals surface area contributed by atoms with Crippen LogP contribution in [-0.4, -0.2) is 38.3 Å². The number of sulfonamides is 1. The molecule has 0 saturated carbocycles. The first kappa shape index (κ1) is 24.7. The van der Waals surface area contributed by atoms with Crippen molar-refractivity contribution >= 4 is 21.6 Å². The lowest BCUT2D eigenvalue weighted by atomic mass is 10.1. The Hall–Kier alpha value is -2.59. The molecule has 0 saturated heterocycles. The summed E-state index contributed by atoms with van der Waals surface area (Å²) < 4.78 is 70.4. The second-order valence-corrected chi connectivity index (χ2v) is 8.54. The largest absolute Gasteiger partial charge is 0.492 e. The Morgan fingerprint density at radius 3 is 2.16 bits per heavy atom. The quantitative estimate of drug-likeness (QED) is 0.608. The molecule has 170 valence electrons. The first-order valence-corrected chi connectivity index (χ1v) is 11.2. The number of carbonyl (C=O) groups is 1. The third-order valence-electron chi connectivity index (χ3n) is 4.51. The van der Waals surface area contributed by atoms with Crippen molar-refractivity contribution in [1.29, 1.82) is 0 Å². The molecule has 1 N–H and O–H groups in total. The number of benzene rings is 2. The zero-order chi connectivity index (χ0) is 23.2. The third-order valence-corrected chi connectivity index (χ3v) is 6.56. The molecule has 2 aromatic carbocycles. The predicted octanol–water partition coefficient (Wildman–Crippen LogP) is 4.32. The topological polar surface area (TPSA) is 75.7 Å². The van der Waals surface area contributed by atoms with Crippen molar-refractivity contribution in [3.63, 3.8) is 0 Å². The highest BCUT2D eigenvalue weighted by Gasteiger charge is 2.30. The Labute approximate surface area is 180 Å². The molecule has 0 unspecified atom stereocenters. The van der Waals surface area contributed by atoms with Crippen molar-refractivity contribution in [2.45, 2.75) is 38.3 Å². The summed E-state index contributed by atoms with van der Waals surface area (Å²) in [7, 11) is -3.75. The molecule has 0 aromatic heterocycles. The van der Waals surface area contributed by atoms with Gasteiger partial charge in [0, 0.05) is 13.1 Å². The number of rotatable bonds is 9. The number of nitrogens with one attached hydrogen (secondary N) is 1. The third kappa shape index (κ3) is 6.20. The molecule has 2 aromatic rings. The van der Waals surface area contributed by atoms with Crippen molar-refractivity contribution < 1.29 is 31.1 Å². The summed E-state index contributed by atoms with van der Waals surface area (Å²) in [5, 5.41) is 2.61. The first-order valence-electron chi connectivity index (χ1n) is 9.75. The van der Waals surface area contributed by atoms with Gasteiger partial charge in [-0.25, -0.2) is 8.42 Å². The van der Waals surface area contributed by atoms with Crippen LogP contribution in [-0.2, 0) is 27.4 Å². The van der Waals surface area contributed by atoms with Crippen LogP contribution in [0.1, 0.15) is 31.9 Å². The summed E-state index contributed by atoms with van der Waals surface area (Å²) in [5.41, 5.74) is -0.244. The molecule has 0 aliphatic rings. The van der Waals surface area contributed by atoms with Crippen molar-refractivity contribution in [2.75, 3.05) is 25.0 Å². The van der Waals surface area contributed by atoms with Gasteiger partial charge < -0.3 is 10.1 Å². The highest BCUT2D eigenvalue weighted by molar-refractivity contribution is 7.89. The molecule has 0 aliphatic heterocycles. The first-order chi connectivity index (χ1) is 14.5. The van der Waals surface area contributed by atoms with Gasteiger partial charge in [-0.1, -0.05) is 26.0 Å². The zero-order valence-electron chi connectivity index (χ0n) is 17.5. The van der Waals surface area contributed by atoms with E-state index in [1.54, 1.807) is 20.8 Å². The molecule has 0 atom stereocenters. The van der Waals surface area contributed by atoms with Gasteiger partial charge in [-0.05, 0) is 42.8 Å². The van der Waals surface area contributed by atoms with Crippen LogP contribution in [0, 0.1) is 0 Å². The zero-order valence-corrected chi connectivity index (χ0v) is 18.3. The fourth-order valence-corrected chi connectivity index (χ4v) is 4.44. The minimum atomic E-state index is -4.45. The number of amides is 1. The Morgan fingerprint density at radius 1 is 1.03 bits per heavy atom. The second-order valence-electron chi connectivity index (χ2n) is 6.60.